The Balaban J connectivity index is 3.23. The fourth-order valence-corrected chi connectivity index (χ4v) is 1.60. The second-order valence-electron chi connectivity index (χ2n) is 4.66. The third kappa shape index (κ3) is 3.38. The highest BCUT2D eigenvalue weighted by Crippen LogP contribution is 2.34. The first kappa shape index (κ1) is 12.8. The maximum Gasteiger partial charge on any atom is 0.245 e. The zero-order valence-electron chi connectivity index (χ0n) is 9.62. The molecule has 1 aromatic carbocycles. The number of allylic oxidation sites excluding steroid dienone is 2. The van der Waals surface area contributed by atoms with Crippen LogP contribution < -0.4 is 0 Å². The van der Waals surface area contributed by atoms with Gasteiger partial charge >= 0.3 is 0 Å². The first-order valence-electron chi connectivity index (χ1n) is 5.02. The smallest absolute Gasteiger partial charge is 0.245 e. The topological polar surface area (TPSA) is 37.3 Å². The average Bonchev–Trinajstić information content (AvgIpc) is 2.14. The van der Waals surface area contributed by atoms with Gasteiger partial charge in [-0.2, -0.15) is 0 Å². The highest BCUT2D eigenvalue weighted by Gasteiger charge is 2.19. The normalized spacial score (nSPS) is 12.6. The summed E-state index contributed by atoms with van der Waals surface area (Å²) in [5.74, 6) is 0.203. The number of aromatic hydroxyl groups is 1. The average molecular weight is 239 g/mol. The van der Waals surface area contributed by atoms with Gasteiger partial charge in [0.05, 0.1) is 0 Å². The number of halogens is 1. The zero-order chi connectivity index (χ0) is 12.3. The van der Waals surface area contributed by atoms with Gasteiger partial charge in [-0.05, 0) is 40.3 Å². The summed E-state index contributed by atoms with van der Waals surface area (Å²) >= 11 is 5.40. The van der Waals surface area contributed by atoms with E-state index in [4.69, 9.17) is 11.6 Å². The minimum absolute atomic E-state index is 0.179. The van der Waals surface area contributed by atoms with Gasteiger partial charge in [0, 0.05) is 6.08 Å². The lowest BCUT2D eigenvalue weighted by atomic mass is 9.82. The van der Waals surface area contributed by atoms with Crippen molar-refractivity contribution in [1.29, 1.82) is 0 Å². The molecule has 0 atom stereocenters. The second kappa shape index (κ2) is 4.71. The quantitative estimate of drug-likeness (QED) is 0.632. The predicted octanol–water partition coefficient (Wildman–Crippen LogP) is 3.59. The van der Waals surface area contributed by atoms with Crippen molar-refractivity contribution in [3.63, 3.8) is 0 Å². The van der Waals surface area contributed by atoms with Crippen LogP contribution in [0.5, 0.6) is 5.75 Å². The minimum atomic E-state index is -0.488. The van der Waals surface area contributed by atoms with E-state index in [-0.39, 0.29) is 11.2 Å². The van der Waals surface area contributed by atoms with Gasteiger partial charge in [-0.15, -0.1) is 0 Å². The fraction of sp³-hybridized carbons (Fsp3) is 0.308. The van der Waals surface area contributed by atoms with Crippen LogP contribution in [0.3, 0.4) is 0 Å². The number of phenolic OH excluding ortho intramolecular Hbond substituents is 1. The van der Waals surface area contributed by atoms with Crippen LogP contribution in [0, 0.1) is 5.41 Å². The molecule has 0 spiro atoms. The van der Waals surface area contributed by atoms with Gasteiger partial charge in [-0.1, -0.05) is 32.9 Å². The van der Waals surface area contributed by atoms with Crippen molar-refractivity contribution in [3.05, 3.63) is 35.9 Å². The minimum Gasteiger partial charge on any atom is -0.508 e. The van der Waals surface area contributed by atoms with Crippen molar-refractivity contribution in [2.75, 3.05) is 0 Å². The fourth-order valence-electron chi connectivity index (χ4n) is 1.49. The van der Waals surface area contributed by atoms with Crippen molar-refractivity contribution in [1.82, 2.24) is 0 Å². The van der Waals surface area contributed by atoms with Gasteiger partial charge < -0.3 is 5.11 Å². The molecular formula is C13H15ClO2. The molecular weight excluding hydrogens is 224 g/mol. The zero-order valence-corrected chi connectivity index (χ0v) is 10.4. The molecule has 0 bridgehead atoms. The van der Waals surface area contributed by atoms with E-state index in [1.165, 1.54) is 6.08 Å². The van der Waals surface area contributed by atoms with E-state index >= 15 is 0 Å². The molecule has 0 fully saturated rings. The van der Waals surface area contributed by atoms with Gasteiger partial charge in [-0.25, -0.2) is 0 Å². The first-order valence-corrected chi connectivity index (χ1v) is 5.39. The monoisotopic (exact) mass is 238 g/mol. The summed E-state index contributed by atoms with van der Waals surface area (Å²) in [7, 11) is 0. The Hall–Kier alpha value is -1.28. The summed E-state index contributed by atoms with van der Waals surface area (Å²) in [6.07, 6.45) is 1.42. The molecule has 0 aromatic heterocycles. The van der Waals surface area contributed by atoms with E-state index in [0.717, 1.165) is 11.1 Å². The standard InChI is InChI=1S/C13H15ClO2/c1-13(2,3)11(8-12(14)16)9-4-6-10(15)7-5-9/h4-8,15H,1-3H3. The third-order valence-electron chi connectivity index (χ3n) is 2.24. The number of hydrogen-bond acceptors (Lipinski definition) is 2. The maximum atomic E-state index is 11.0. The van der Waals surface area contributed by atoms with E-state index in [1.807, 2.05) is 20.8 Å². The summed E-state index contributed by atoms with van der Waals surface area (Å²) in [5.41, 5.74) is 1.56. The Bertz CT molecular complexity index is 411. The SMILES string of the molecule is CC(C)(C)C(=CC(=O)Cl)c1ccc(O)cc1. The number of rotatable bonds is 2. The molecule has 0 aliphatic carbocycles. The molecule has 3 heteroatoms. The largest absolute Gasteiger partial charge is 0.508 e. The van der Waals surface area contributed by atoms with Crippen molar-refractivity contribution < 1.29 is 9.90 Å². The highest BCUT2D eigenvalue weighted by molar-refractivity contribution is 6.67. The lowest BCUT2D eigenvalue weighted by Gasteiger charge is -2.23. The van der Waals surface area contributed by atoms with Gasteiger partial charge in [0.15, 0.2) is 0 Å². The van der Waals surface area contributed by atoms with Crippen LogP contribution in [0.1, 0.15) is 26.3 Å². The van der Waals surface area contributed by atoms with Crippen molar-refractivity contribution in [2.24, 2.45) is 5.41 Å². The van der Waals surface area contributed by atoms with E-state index in [9.17, 15) is 9.90 Å². The molecule has 1 rings (SSSR count). The lowest BCUT2D eigenvalue weighted by Crippen LogP contribution is -2.09. The molecule has 0 amide bonds. The number of phenols is 1. The molecule has 86 valence electrons. The Kier molecular flexibility index (Phi) is 3.76. The van der Waals surface area contributed by atoms with E-state index < -0.39 is 5.24 Å². The van der Waals surface area contributed by atoms with Gasteiger partial charge in [-0.3, -0.25) is 4.79 Å². The third-order valence-corrected chi connectivity index (χ3v) is 2.35. The Labute approximate surface area is 101 Å². The summed E-state index contributed by atoms with van der Waals surface area (Å²) in [6.45, 7) is 6.02. The van der Waals surface area contributed by atoms with E-state index in [1.54, 1.807) is 24.3 Å². The predicted molar refractivity (Wildman–Crippen MR) is 66.4 cm³/mol. The van der Waals surface area contributed by atoms with Crippen molar-refractivity contribution in [3.8, 4) is 5.75 Å². The lowest BCUT2D eigenvalue weighted by molar-refractivity contribution is -0.107. The number of carbonyl (C=O) groups is 1. The molecule has 1 N–H and O–H groups in total. The summed E-state index contributed by atoms with van der Waals surface area (Å²) < 4.78 is 0. The number of hydrogen-bond donors (Lipinski definition) is 1. The molecule has 1 aromatic rings. The van der Waals surface area contributed by atoms with Crippen LogP contribution in [0.15, 0.2) is 30.3 Å². The summed E-state index contributed by atoms with van der Waals surface area (Å²) in [4.78, 5) is 11.0. The van der Waals surface area contributed by atoms with Crippen LogP contribution in [0.25, 0.3) is 5.57 Å². The van der Waals surface area contributed by atoms with Crippen molar-refractivity contribution in [2.45, 2.75) is 20.8 Å². The number of carbonyl (C=O) groups excluding carboxylic acids is 1. The van der Waals surface area contributed by atoms with Crippen molar-refractivity contribution >= 4 is 22.4 Å². The van der Waals surface area contributed by atoms with Crippen LogP contribution >= 0.6 is 11.6 Å². The summed E-state index contributed by atoms with van der Waals surface area (Å²) in [5, 5.41) is 8.72. The Morgan fingerprint density at radius 2 is 1.75 bits per heavy atom. The van der Waals surface area contributed by atoms with Crippen LogP contribution in [0.4, 0.5) is 0 Å². The van der Waals surface area contributed by atoms with Gasteiger partial charge in [0.1, 0.15) is 5.75 Å². The van der Waals surface area contributed by atoms with Gasteiger partial charge in [0.25, 0.3) is 0 Å². The molecule has 2 nitrogen and oxygen atoms in total. The van der Waals surface area contributed by atoms with E-state index in [0.29, 0.717) is 0 Å². The molecule has 0 aliphatic rings. The molecule has 0 aliphatic heterocycles. The van der Waals surface area contributed by atoms with Gasteiger partial charge in [0.2, 0.25) is 5.24 Å². The molecule has 0 saturated heterocycles. The Morgan fingerprint density at radius 1 is 1.25 bits per heavy atom. The molecule has 0 radical (unpaired) electrons. The van der Waals surface area contributed by atoms with E-state index in [2.05, 4.69) is 0 Å². The number of benzene rings is 1. The van der Waals surface area contributed by atoms with Crippen LogP contribution in [0.2, 0.25) is 0 Å². The van der Waals surface area contributed by atoms with Crippen LogP contribution in [-0.4, -0.2) is 10.3 Å². The molecule has 0 saturated carbocycles. The maximum absolute atomic E-state index is 11.0. The molecule has 0 heterocycles. The highest BCUT2D eigenvalue weighted by atomic mass is 35.5. The first-order chi connectivity index (χ1) is 7.30. The van der Waals surface area contributed by atoms with Crippen LogP contribution in [-0.2, 0) is 4.79 Å². The molecule has 16 heavy (non-hydrogen) atoms. The molecule has 0 unspecified atom stereocenters. The summed E-state index contributed by atoms with van der Waals surface area (Å²) in [6, 6.07) is 6.72. The second-order valence-corrected chi connectivity index (χ2v) is 5.03. The Morgan fingerprint density at radius 3 is 2.12 bits per heavy atom.